The molecule has 1 aliphatic carbocycles. The molecule has 0 aromatic heterocycles. The molecule has 0 aromatic carbocycles. The number of rotatable bonds is 6. The van der Waals surface area contributed by atoms with Crippen molar-refractivity contribution in [3.63, 3.8) is 0 Å². The Balaban J connectivity index is 1.94. The molecule has 1 aliphatic heterocycles. The van der Waals surface area contributed by atoms with E-state index in [-0.39, 0.29) is 0 Å². The molecule has 2 atom stereocenters. The van der Waals surface area contributed by atoms with Gasteiger partial charge >= 0.3 is 0 Å². The molecule has 19 heavy (non-hydrogen) atoms. The van der Waals surface area contributed by atoms with E-state index in [9.17, 15) is 0 Å². The van der Waals surface area contributed by atoms with Crippen LogP contribution in [0.25, 0.3) is 0 Å². The van der Waals surface area contributed by atoms with Gasteiger partial charge in [-0.3, -0.25) is 4.90 Å². The molecule has 2 heteroatoms. The van der Waals surface area contributed by atoms with E-state index in [1.165, 1.54) is 45.3 Å². The molecular weight excluding hydrogens is 232 g/mol. The molecule has 1 N–H and O–H groups in total. The molecule has 1 saturated heterocycles. The van der Waals surface area contributed by atoms with E-state index in [0.29, 0.717) is 11.5 Å². The Morgan fingerprint density at radius 1 is 1.21 bits per heavy atom. The van der Waals surface area contributed by atoms with Crippen LogP contribution < -0.4 is 5.32 Å². The van der Waals surface area contributed by atoms with Crippen LogP contribution in [0.4, 0.5) is 0 Å². The number of nitrogens with one attached hydrogen (secondary N) is 1. The van der Waals surface area contributed by atoms with Crippen LogP contribution in [0.3, 0.4) is 0 Å². The van der Waals surface area contributed by atoms with Gasteiger partial charge in [0.15, 0.2) is 0 Å². The topological polar surface area (TPSA) is 15.3 Å². The lowest BCUT2D eigenvalue weighted by Gasteiger charge is -2.43. The van der Waals surface area contributed by atoms with Crippen LogP contribution in [-0.2, 0) is 0 Å². The molecule has 0 bridgehead atoms. The van der Waals surface area contributed by atoms with Crippen molar-refractivity contribution in [1.82, 2.24) is 10.2 Å². The second-order valence-electron chi connectivity index (χ2n) is 7.74. The van der Waals surface area contributed by atoms with Crippen molar-refractivity contribution in [2.45, 2.75) is 72.4 Å². The minimum atomic E-state index is 0.660. The Morgan fingerprint density at radius 3 is 2.37 bits per heavy atom. The minimum Gasteiger partial charge on any atom is -0.311 e. The van der Waals surface area contributed by atoms with Gasteiger partial charge in [-0.05, 0) is 42.9 Å². The Hall–Kier alpha value is -0.0800. The summed E-state index contributed by atoms with van der Waals surface area (Å²) in [4.78, 5) is 2.82. The normalized spacial score (nSPS) is 31.1. The highest BCUT2D eigenvalue weighted by Gasteiger charge is 2.47. The fourth-order valence-electron chi connectivity index (χ4n) is 3.73. The Morgan fingerprint density at radius 2 is 1.89 bits per heavy atom. The largest absolute Gasteiger partial charge is 0.311 e. The van der Waals surface area contributed by atoms with Gasteiger partial charge in [-0.15, -0.1) is 0 Å². The van der Waals surface area contributed by atoms with Crippen LogP contribution in [0.2, 0.25) is 0 Å². The van der Waals surface area contributed by atoms with Gasteiger partial charge in [0.2, 0.25) is 0 Å². The van der Waals surface area contributed by atoms with Crippen LogP contribution in [0, 0.1) is 17.3 Å². The second-order valence-corrected chi connectivity index (χ2v) is 7.74. The van der Waals surface area contributed by atoms with Gasteiger partial charge in [0, 0.05) is 31.7 Å². The zero-order chi connectivity index (χ0) is 14.0. The first-order valence-corrected chi connectivity index (χ1v) is 8.44. The SMILES string of the molecule is CCC1CNC(CC(C)C)CN1CC1(C(C)C)CC1. The summed E-state index contributed by atoms with van der Waals surface area (Å²) in [6.45, 7) is 15.7. The smallest absolute Gasteiger partial charge is 0.0219 e. The van der Waals surface area contributed by atoms with Crippen molar-refractivity contribution in [1.29, 1.82) is 0 Å². The number of nitrogens with zero attached hydrogens (tertiary/aromatic N) is 1. The van der Waals surface area contributed by atoms with Crippen molar-refractivity contribution in [2.75, 3.05) is 19.6 Å². The van der Waals surface area contributed by atoms with Crippen LogP contribution in [0.1, 0.15) is 60.3 Å². The Kier molecular flexibility index (Phi) is 4.94. The van der Waals surface area contributed by atoms with Crippen molar-refractivity contribution in [3.05, 3.63) is 0 Å². The summed E-state index contributed by atoms with van der Waals surface area (Å²) >= 11 is 0. The predicted molar refractivity (Wildman–Crippen MR) is 83.4 cm³/mol. The highest BCUT2D eigenvalue weighted by atomic mass is 15.2. The van der Waals surface area contributed by atoms with Gasteiger partial charge in [0.25, 0.3) is 0 Å². The van der Waals surface area contributed by atoms with E-state index >= 15 is 0 Å². The van der Waals surface area contributed by atoms with Crippen molar-refractivity contribution in [2.24, 2.45) is 17.3 Å². The Labute approximate surface area is 120 Å². The average Bonchev–Trinajstić information content (AvgIpc) is 3.10. The van der Waals surface area contributed by atoms with E-state index in [4.69, 9.17) is 0 Å². The highest BCUT2D eigenvalue weighted by Crippen LogP contribution is 2.52. The van der Waals surface area contributed by atoms with E-state index in [1.54, 1.807) is 0 Å². The first kappa shape index (κ1) is 15.3. The fraction of sp³-hybridized carbons (Fsp3) is 1.00. The van der Waals surface area contributed by atoms with Gasteiger partial charge in [-0.2, -0.15) is 0 Å². The summed E-state index contributed by atoms with van der Waals surface area (Å²) in [5.41, 5.74) is 0.660. The summed E-state index contributed by atoms with van der Waals surface area (Å²) in [7, 11) is 0. The molecule has 2 aliphatic rings. The van der Waals surface area contributed by atoms with Gasteiger partial charge < -0.3 is 5.32 Å². The lowest BCUT2D eigenvalue weighted by atomic mass is 9.90. The average molecular weight is 266 g/mol. The zero-order valence-electron chi connectivity index (χ0n) is 13.7. The minimum absolute atomic E-state index is 0.660. The molecule has 0 aromatic rings. The van der Waals surface area contributed by atoms with Crippen LogP contribution >= 0.6 is 0 Å². The number of hydrogen-bond acceptors (Lipinski definition) is 2. The van der Waals surface area contributed by atoms with E-state index in [0.717, 1.165) is 17.9 Å². The van der Waals surface area contributed by atoms with Crippen LogP contribution in [0.5, 0.6) is 0 Å². The maximum Gasteiger partial charge on any atom is 0.0219 e. The molecule has 1 heterocycles. The summed E-state index contributed by atoms with van der Waals surface area (Å²) in [6, 6.07) is 1.48. The monoisotopic (exact) mass is 266 g/mol. The van der Waals surface area contributed by atoms with Crippen molar-refractivity contribution in [3.8, 4) is 0 Å². The summed E-state index contributed by atoms with van der Waals surface area (Å²) in [5, 5.41) is 3.78. The van der Waals surface area contributed by atoms with Crippen molar-refractivity contribution >= 4 is 0 Å². The lowest BCUT2D eigenvalue weighted by molar-refractivity contribution is 0.0825. The maximum atomic E-state index is 3.78. The molecule has 2 fully saturated rings. The van der Waals surface area contributed by atoms with Gasteiger partial charge in [0.1, 0.15) is 0 Å². The zero-order valence-corrected chi connectivity index (χ0v) is 13.7. The Bertz CT molecular complexity index is 281. The lowest BCUT2D eigenvalue weighted by Crippen LogP contribution is -2.58. The first-order valence-electron chi connectivity index (χ1n) is 8.44. The standard InChI is InChI=1S/C17H34N2/c1-6-16-10-18-15(9-13(2)3)11-19(16)12-17(7-8-17)14(4)5/h13-16,18H,6-12H2,1-5H3. The maximum absolute atomic E-state index is 3.78. The van der Waals surface area contributed by atoms with E-state index in [2.05, 4.69) is 44.8 Å². The molecule has 2 unspecified atom stereocenters. The van der Waals surface area contributed by atoms with Gasteiger partial charge in [-0.25, -0.2) is 0 Å². The van der Waals surface area contributed by atoms with Gasteiger partial charge in [0.05, 0.1) is 0 Å². The molecule has 1 saturated carbocycles. The second kappa shape index (κ2) is 6.13. The molecule has 0 spiro atoms. The molecule has 2 rings (SSSR count). The van der Waals surface area contributed by atoms with E-state index in [1.807, 2.05) is 0 Å². The summed E-state index contributed by atoms with van der Waals surface area (Å²) in [6.07, 6.45) is 5.52. The molecular formula is C17H34N2. The molecule has 112 valence electrons. The third-order valence-electron chi connectivity index (χ3n) is 5.48. The third kappa shape index (κ3) is 3.72. The fourth-order valence-corrected chi connectivity index (χ4v) is 3.73. The van der Waals surface area contributed by atoms with E-state index < -0.39 is 0 Å². The highest BCUT2D eigenvalue weighted by molar-refractivity contribution is 5.00. The summed E-state index contributed by atoms with van der Waals surface area (Å²) in [5.74, 6) is 1.65. The van der Waals surface area contributed by atoms with Crippen molar-refractivity contribution < 1.29 is 0 Å². The summed E-state index contributed by atoms with van der Waals surface area (Å²) < 4.78 is 0. The number of piperazine rings is 1. The molecule has 0 radical (unpaired) electrons. The molecule has 2 nitrogen and oxygen atoms in total. The number of hydrogen-bond donors (Lipinski definition) is 1. The quantitative estimate of drug-likeness (QED) is 0.791. The van der Waals surface area contributed by atoms with Crippen LogP contribution in [0.15, 0.2) is 0 Å². The predicted octanol–water partition coefficient (Wildman–Crippen LogP) is 3.52. The molecule has 0 amide bonds. The third-order valence-corrected chi connectivity index (χ3v) is 5.48. The first-order chi connectivity index (χ1) is 8.97. The van der Waals surface area contributed by atoms with Gasteiger partial charge in [-0.1, -0.05) is 34.6 Å². The van der Waals surface area contributed by atoms with Crippen LogP contribution in [-0.4, -0.2) is 36.6 Å².